The van der Waals surface area contributed by atoms with Crippen LogP contribution in [0, 0.1) is 15.5 Å². The van der Waals surface area contributed by atoms with Crippen LogP contribution in [0.25, 0.3) is 0 Å². The normalized spacial score (nSPS) is 11.6. The van der Waals surface area contributed by atoms with E-state index in [-0.39, 0.29) is 11.2 Å². The number of aromatic nitrogens is 3. The Morgan fingerprint density at radius 2 is 2.15 bits per heavy atom. The first kappa shape index (κ1) is 9.63. The molecule has 1 heterocycles. The number of nitro groups is 1. The van der Waals surface area contributed by atoms with Crippen LogP contribution in [-0.4, -0.2) is 20.3 Å². The van der Waals surface area contributed by atoms with Gasteiger partial charge < -0.3 is 10.1 Å². The van der Waals surface area contributed by atoms with Gasteiger partial charge in [-0.15, -0.1) is 10.2 Å². The third kappa shape index (κ3) is 2.50. The maximum Gasteiger partial charge on any atom is 0.366 e. The predicted octanol–water partition coefficient (Wildman–Crippen LogP) is 1.30. The first-order valence-electron chi connectivity index (χ1n) is 3.94. The van der Waals surface area contributed by atoms with Crippen LogP contribution in [0.15, 0.2) is 0 Å². The van der Waals surface area contributed by atoms with Gasteiger partial charge in [-0.05, 0) is 10.3 Å². The maximum atomic E-state index is 10.5. The van der Waals surface area contributed by atoms with Gasteiger partial charge in [0.25, 0.3) is 0 Å². The van der Waals surface area contributed by atoms with Crippen molar-refractivity contribution in [3.63, 3.8) is 0 Å². The lowest BCUT2D eigenvalue weighted by Crippen LogP contribution is -2.10. The lowest BCUT2D eigenvalue weighted by Gasteiger charge is -2.14. The lowest BCUT2D eigenvalue weighted by atomic mass is 9.90. The first-order valence-corrected chi connectivity index (χ1v) is 3.94. The fraction of sp³-hybridized carbons (Fsp3) is 0.714. The van der Waals surface area contributed by atoms with Crippen molar-refractivity contribution in [2.24, 2.45) is 5.41 Å². The minimum atomic E-state index is -0.499. The summed E-state index contributed by atoms with van der Waals surface area (Å²) in [6.07, 6.45) is 0.541. The van der Waals surface area contributed by atoms with Crippen molar-refractivity contribution in [3.05, 3.63) is 15.8 Å². The summed E-state index contributed by atoms with van der Waals surface area (Å²) < 4.78 is 0. The monoisotopic (exact) mass is 184 g/mol. The van der Waals surface area contributed by atoms with Crippen LogP contribution < -0.4 is 0 Å². The molecule has 0 unspecified atom stereocenters. The number of H-pyrrole nitrogens is 1. The summed E-state index contributed by atoms with van der Waals surface area (Å²) in [5.41, 5.74) is 0.388. The standard InChI is InChI=1S/C7H12N4O2/c1-7(2,3)4-5-6(11(12)13)9-10-8-5/h4H2,1-3H3,(H,8,9,10). The summed E-state index contributed by atoms with van der Waals surface area (Å²) in [5, 5.41) is 19.8. The van der Waals surface area contributed by atoms with E-state index in [0.29, 0.717) is 12.1 Å². The molecule has 6 heteroatoms. The summed E-state index contributed by atoms with van der Waals surface area (Å²) in [6, 6.07) is 0. The Labute approximate surface area is 75.5 Å². The fourth-order valence-corrected chi connectivity index (χ4v) is 1.01. The largest absolute Gasteiger partial charge is 0.366 e. The van der Waals surface area contributed by atoms with Gasteiger partial charge in [0.15, 0.2) is 5.69 Å². The van der Waals surface area contributed by atoms with Gasteiger partial charge in [-0.3, -0.25) is 0 Å². The topological polar surface area (TPSA) is 84.7 Å². The summed E-state index contributed by atoms with van der Waals surface area (Å²) in [6.45, 7) is 5.97. The summed E-state index contributed by atoms with van der Waals surface area (Å²) in [5.74, 6) is -0.102. The molecule has 0 atom stereocenters. The average molecular weight is 184 g/mol. The zero-order chi connectivity index (χ0) is 10.1. The van der Waals surface area contributed by atoms with Crippen LogP contribution in [0.2, 0.25) is 0 Å². The van der Waals surface area contributed by atoms with E-state index in [1.165, 1.54) is 0 Å². The van der Waals surface area contributed by atoms with E-state index in [2.05, 4.69) is 15.4 Å². The van der Waals surface area contributed by atoms with Gasteiger partial charge in [-0.25, -0.2) is 0 Å². The molecule has 0 aliphatic heterocycles. The van der Waals surface area contributed by atoms with Crippen LogP contribution in [0.3, 0.4) is 0 Å². The minimum Gasteiger partial charge on any atom is -0.358 e. The van der Waals surface area contributed by atoms with E-state index >= 15 is 0 Å². The van der Waals surface area contributed by atoms with Crippen LogP contribution in [0.1, 0.15) is 26.5 Å². The molecular weight excluding hydrogens is 172 g/mol. The zero-order valence-electron chi connectivity index (χ0n) is 7.87. The summed E-state index contributed by atoms with van der Waals surface area (Å²) in [7, 11) is 0. The number of rotatable bonds is 2. The average Bonchev–Trinajstić information content (AvgIpc) is 2.31. The fourth-order valence-electron chi connectivity index (χ4n) is 1.01. The predicted molar refractivity (Wildman–Crippen MR) is 46.2 cm³/mol. The third-order valence-electron chi connectivity index (χ3n) is 1.48. The number of hydrogen-bond acceptors (Lipinski definition) is 4. The van der Waals surface area contributed by atoms with Gasteiger partial charge >= 0.3 is 5.82 Å². The highest BCUT2D eigenvalue weighted by Gasteiger charge is 2.22. The maximum absolute atomic E-state index is 10.5. The quantitative estimate of drug-likeness (QED) is 0.554. The second-order valence-corrected chi connectivity index (χ2v) is 4.10. The van der Waals surface area contributed by atoms with Crippen molar-refractivity contribution >= 4 is 5.82 Å². The number of nitrogens with zero attached hydrogens (tertiary/aromatic N) is 3. The number of hydrogen-bond donors (Lipinski definition) is 1. The Balaban J connectivity index is 2.89. The highest BCUT2D eigenvalue weighted by molar-refractivity contribution is 5.23. The van der Waals surface area contributed by atoms with Crippen molar-refractivity contribution in [1.82, 2.24) is 15.4 Å². The molecular formula is C7H12N4O2. The zero-order valence-corrected chi connectivity index (χ0v) is 7.87. The molecule has 13 heavy (non-hydrogen) atoms. The lowest BCUT2D eigenvalue weighted by molar-refractivity contribution is -0.390. The molecule has 0 amide bonds. The molecule has 1 aromatic heterocycles. The molecule has 0 spiro atoms. The molecule has 1 rings (SSSR count). The molecule has 0 radical (unpaired) electrons. The third-order valence-corrected chi connectivity index (χ3v) is 1.48. The van der Waals surface area contributed by atoms with Gasteiger partial charge in [0.05, 0.1) is 0 Å². The summed E-state index contributed by atoms with van der Waals surface area (Å²) in [4.78, 5) is 9.96. The van der Waals surface area contributed by atoms with Gasteiger partial charge in [-0.2, -0.15) is 0 Å². The molecule has 0 saturated carbocycles. The first-order chi connectivity index (χ1) is 5.90. The van der Waals surface area contributed by atoms with Crippen molar-refractivity contribution < 1.29 is 4.92 Å². The van der Waals surface area contributed by atoms with E-state index in [9.17, 15) is 10.1 Å². The van der Waals surface area contributed by atoms with Crippen LogP contribution in [0.4, 0.5) is 5.82 Å². The minimum absolute atomic E-state index is 0.0262. The Morgan fingerprint density at radius 3 is 2.62 bits per heavy atom. The molecule has 0 fully saturated rings. The van der Waals surface area contributed by atoms with E-state index in [0.717, 1.165) is 0 Å². The van der Waals surface area contributed by atoms with Gasteiger partial charge in [0.1, 0.15) is 0 Å². The Hall–Kier alpha value is -1.46. The molecule has 72 valence electrons. The van der Waals surface area contributed by atoms with Crippen molar-refractivity contribution in [2.75, 3.05) is 0 Å². The molecule has 1 N–H and O–H groups in total. The molecule has 0 aromatic carbocycles. The van der Waals surface area contributed by atoms with E-state index < -0.39 is 4.92 Å². The molecule has 0 bridgehead atoms. The highest BCUT2D eigenvalue weighted by Crippen LogP contribution is 2.23. The molecule has 6 nitrogen and oxygen atoms in total. The molecule has 0 aliphatic rings. The van der Waals surface area contributed by atoms with Crippen molar-refractivity contribution in [3.8, 4) is 0 Å². The second-order valence-electron chi connectivity index (χ2n) is 4.10. The second kappa shape index (κ2) is 3.12. The smallest absolute Gasteiger partial charge is 0.358 e. The molecule has 0 aliphatic carbocycles. The van der Waals surface area contributed by atoms with E-state index in [1.54, 1.807) is 0 Å². The van der Waals surface area contributed by atoms with Crippen LogP contribution in [-0.2, 0) is 6.42 Å². The number of nitrogens with one attached hydrogen (secondary N) is 1. The Kier molecular flexibility index (Phi) is 2.31. The molecule has 1 aromatic rings. The summed E-state index contributed by atoms with van der Waals surface area (Å²) >= 11 is 0. The SMILES string of the molecule is CC(C)(C)Cc1nn[nH]c1[N+](=O)[O-]. The van der Waals surface area contributed by atoms with Gasteiger partial charge in [0.2, 0.25) is 0 Å². The van der Waals surface area contributed by atoms with Gasteiger partial charge in [0, 0.05) is 11.6 Å². The highest BCUT2D eigenvalue weighted by atomic mass is 16.6. The van der Waals surface area contributed by atoms with Gasteiger partial charge in [-0.1, -0.05) is 20.8 Å². The van der Waals surface area contributed by atoms with E-state index in [4.69, 9.17) is 0 Å². The van der Waals surface area contributed by atoms with Crippen LogP contribution >= 0.6 is 0 Å². The van der Waals surface area contributed by atoms with Crippen LogP contribution in [0.5, 0.6) is 0 Å². The van der Waals surface area contributed by atoms with E-state index in [1.807, 2.05) is 20.8 Å². The Bertz CT molecular complexity index is 313. The number of aromatic amines is 1. The molecule has 0 saturated heterocycles. The Morgan fingerprint density at radius 1 is 1.54 bits per heavy atom. The van der Waals surface area contributed by atoms with Crippen molar-refractivity contribution in [1.29, 1.82) is 0 Å². The van der Waals surface area contributed by atoms with Crippen molar-refractivity contribution in [2.45, 2.75) is 27.2 Å².